The highest BCUT2D eigenvalue weighted by Crippen LogP contribution is 2.26. The van der Waals surface area contributed by atoms with Crippen LogP contribution in [0.4, 0.5) is 0 Å². The molecule has 0 heterocycles. The van der Waals surface area contributed by atoms with Crippen molar-refractivity contribution in [1.29, 1.82) is 0 Å². The molecule has 0 radical (unpaired) electrons. The van der Waals surface area contributed by atoms with Crippen molar-refractivity contribution in [2.75, 3.05) is 6.61 Å². The molecule has 0 aromatic carbocycles. The summed E-state index contributed by atoms with van der Waals surface area (Å²) in [5.74, 6) is 0. The van der Waals surface area contributed by atoms with Crippen molar-refractivity contribution >= 4 is 11.9 Å². The summed E-state index contributed by atoms with van der Waals surface area (Å²) in [4.78, 5) is 0. The van der Waals surface area contributed by atoms with Crippen LogP contribution >= 0.6 is 11.9 Å². The van der Waals surface area contributed by atoms with Crippen molar-refractivity contribution in [3.8, 4) is 0 Å². The second kappa shape index (κ2) is 4.78. The fraction of sp³-hybridized carbons (Fsp3) is 0.778. The van der Waals surface area contributed by atoms with Crippen LogP contribution in [-0.4, -0.2) is 6.61 Å². The summed E-state index contributed by atoms with van der Waals surface area (Å²) in [5.41, 5.74) is 1.47. The zero-order chi connectivity index (χ0) is 8.91. The lowest BCUT2D eigenvalue weighted by molar-refractivity contribution is 0.336. The van der Waals surface area contributed by atoms with Crippen LogP contribution in [-0.2, 0) is 4.29 Å². The van der Waals surface area contributed by atoms with E-state index in [2.05, 4.69) is 31.6 Å². The molecular formula is C9H17ClO. The number of allylic oxidation sites excluding steroid dienone is 1. The van der Waals surface area contributed by atoms with Crippen LogP contribution in [0.1, 0.15) is 33.6 Å². The van der Waals surface area contributed by atoms with E-state index < -0.39 is 0 Å². The third-order valence-corrected chi connectivity index (χ3v) is 1.92. The van der Waals surface area contributed by atoms with E-state index in [1.807, 2.05) is 0 Å². The first kappa shape index (κ1) is 11.0. The van der Waals surface area contributed by atoms with Gasteiger partial charge in [0.05, 0.1) is 18.5 Å². The van der Waals surface area contributed by atoms with Gasteiger partial charge >= 0.3 is 0 Å². The molecule has 0 aliphatic rings. The van der Waals surface area contributed by atoms with Crippen LogP contribution < -0.4 is 0 Å². The van der Waals surface area contributed by atoms with Crippen molar-refractivity contribution in [3.05, 3.63) is 12.2 Å². The molecule has 0 fully saturated rings. The van der Waals surface area contributed by atoms with Gasteiger partial charge in [0.2, 0.25) is 0 Å². The minimum atomic E-state index is 0.215. The molecule has 0 atom stereocenters. The third-order valence-electron chi connectivity index (χ3n) is 1.76. The van der Waals surface area contributed by atoms with Gasteiger partial charge in [-0.1, -0.05) is 32.9 Å². The van der Waals surface area contributed by atoms with Crippen LogP contribution in [0.5, 0.6) is 0 Å². The average Bonchev–Trinajstić information content (AvgIpc) is 1.86. The molecule has 0 aromatic rings. The van der Waals surface area contributed by atoms with E-state index in [1.165, 1.54) is 5.57 Å². The van der Waals surface area contributed by atoms with Gasteiger partial charge in [0.1, 0.15) is 0 Å². The van der Waals surface area contributed by atoms with Crippen LogP contribution in [0.25, 0.3) is 0 Å². The van der Waals surface area contributed by atoms with E-state index in [1.54, 1.807) is 0 Å². The molecule has 0 bridgehead atoms. The molecule has 66 valence electrons. The predicted molar refractivity (Wildman–Crippen MR) is 49.6 cm³/mol. The van der Waals surface area contributed by atoms with Crippen LogP contribution in [0.3, 0.4) is 0 Å². The highest BCUT2D eigenvalue weighted by atomic mass is 35.5. The van der Waals surface area contributed by atoms with Gasteiger partial charge in [-0.2, -0.15) is 0 Å². The van der Waals surface area contributed by atoms with E-state index >= 15 is 0 Å². The molecule has 0 aromatic heterocycles. The van der Waals surface area contributed by atoms with Gasteiger partial charge in [-0.05, 0) is 18.3 Å². The Bertz CT molecular complexity index is 124. The standard InChI is InChI=1S/C9H17ClO/c1-8(9(2,3)4)6-5-7-11-10/h1,5-7H2,2-4H3. The summed E-state index contributed by atoms with van der Waals surface area (Å²) in [7, 11) is 0. The second-order valence-corrected chi connectivity index (χ2v) is 3.99. The van der Waals surface area contributed by atoms with Gasteiger partial charge in [-0.25, -0.2) is 0 Å². The molecule has 1 nitrogen and oxygen atoms in total. The molecule has 11 heavy (non-hydrogen) atoms. The molecule has 0 saturated heterocycles. The van der Waals surface area contributed by atoms with Gasteiger partial charge < -0.3 is 0 Å². The highest BCUT2D eigenvalue weighted by Gasteiger charge is 2.13. The first-order valence-corrected chi connectivity index (χ1v) is 4.21. The Balaban J connectivity index is 3.54. The van der Waals surface area contributed by atoms with Gasteiger partial charge in [-0.15, -0.1) is 0 Å². The zero-order valence-electron chi connectivity index (χ0n) is 7.61. The predicted octanol–water partition coefficient (Wildman–Crippen LogP) is 3.54. The molecule has 0 N–H and O–H groups in total. The van der Waals surface area contributed by atoms with Gasteiger partial charge in [-0.3, -0.25) is 4.29 Å². The summed E-state index contributed by atoms with van der Waals surface area (Å²) in [5, 5.41) is 0. The van der Waals surface area contributed by atoms with E-state index in [0.29, 0.717) is 6.61 Å². The summed E-state index contributed by atoms with van der Waals surface area (Å²) < 4.78 is 4.44. The maximum Gasteiger partial charge on any atom is 0.0685 e. The Morgan fingerprint density at radius 1 is 1.45 bits per heavy atom. The third kappa shape index (κ3) is 5.28. The van der Waals surface area contributed by atoms with Crippen molar-refractivity contribution in [2.45, 2.75) is 33.6 Å². The van der Waals surface area contributed by atoms with Gasteiger partial charge in [0.15, 0.2) is 0 Å². The lowest BCUT2D eigenvalue weighted by Crippen LogP contribution is -2.08. The molecule has 0 saturated carbocycles. The van der Waals surface area contributed by atoms with E-state index in [0.717, 1.165) is 12.8 Å². The summed E-state index contributed by atoms with van der Waals surface area (Å²) in [6, 6.07) is 0. The smallest absolute Gasteiger partial charge is 0.0685 e. The average molecular weight is 177 g/mol. The van der Waals surface area contributed by atoms with E-state index in [-0.39, 0.29) is 5.41 Å². The monoisotopic (exact) mass is 176 g/mol. The van der Waals surface area contributed by atoms with Crippen molar-refractivity contribution in [2.24, 2.45) is 5.41 Å². The van der Waals surface area contributed by atoms with Crippen molar-refractivity contribution in [1.82, 2.24) is 0 Å². The fourth-order valence-corrected chi connectivity index (χ4v) is 0.824. The largest absolute Gasteiger partial charge is 0.279 e. The first-order valence-electron chi connectivity index (χ1n) is 3.90. The molecule has 0 spiro atoms. The van der Waals surface area contributed by atoms with Crippen LogP contribution in [0.15, 0.2) is 12.2 Å². The Morgan fingerprint density at radius 2 is 2.00 bits per heavy atom. The quantitative estimate of drug-likeness (QED) is 0.470. The Hall–Kier alpha value is -0.0100. The van der Waals surface area contributed by atoms with Crippen molar-refractivity contribution < 1.29 is 4.29 Å². The van der Waals surface area contributed by atoms with Crippen LogP contribution in [0.2, 0.25) is 0 Å². The SMILES string of the molecule is C=C(CCCOCl)C(C)(C)C. The fourth-order valence-electron chi connectivity index (χ4n) is 0.715. The minimum absolute atomic E-state index is 0.215. The lowest BCUT2D eigenvalue weighted by Gasteiger charge is -2.21. The normalized spacial score (nSPS) is 11.6. The maximum absolute atomic E-state index is 5.07. The van der Waals surface area contributed by atoms with Gasteiger partial charge in [0, 0.05) is 0 Å². The van der Waals surface area contributed by atoms with E-state index in [9.17, 15) is 0 Å². The van der Waals surface area contributed by atoms with Crippen molar-refractivity contribution in [3.63, 3.8) is 0 Å². The van der Waals surface area contributed by atoms with Crippen LogP contribution in [0, 0.1) is 5.41 Å². The lowest BCUT2D eigenvalue weighted by atomic mass is 9.85. The zero-order valence-corrected chi connectivity index (χ0v) is 8.37. The molecular weight excluding hydrogens is 160 g/mol. The number of hydrogen-bond acceptors (Lipinski definition) is 1. The summed E-state index contributed by atoms with van der Waals surface area (Å²) in [6.45, 7) is 11.1. The number of rotatable bonds is 4. The Kier molecular flexibility index (Phi) is 4.78. The molecule has 2 heteroatoms. The topological polar surface area (TPSA) is 9.23 Å². The molecule has 0 amide bonds. The summed E-state index contributed by atoms with van der Waals surface area (Å²) in [6.07, 6.45) is 1.95. The van der Waals surface area contributed by atoms with E-state index in [4.69, 9.17) is 11.9 Å². The minimum Gasteiger partial charge on any atom is -0.279 e. The Labute approximate surface area is 74.6 Å². The summed E-state index contributed by atoms with van der Waals surface area (Å²) >= 11 is 5.07. The molecule has 0 aliphatic heterocycles. The first-order chi connectivity index (χ1) is 4.98. The molecule has 0 unspecified atom stereocenters. The van der Waals surface area contributed by atoms with Gasteiger partial charge in [0.25, 0.3) is 0 Å². The number of hydrogen-bond donors (Lipinski definition) is 0. The second-order valence-electron chi connectivity index (χ2n) is 3.77. The maximum atomic E-state index is 5.07. The molecule has 0 rings (SSSR count). The highest BCUT2D eigenvalue weighted by molar-refractivity contribution is 6.07. The molecule has 0 aliphatic carbocycles. The number of halogens is 1. The Morgan fingerprint density at radius 3 is 2.36 bits per heavy atom.